The van der Waals surface area contributed by atoms with Gasteiger partial charge in [-0.2, -0.15) is 0 Å². The Balaban J connectivity index is 2.25. The second kappa shape index (κ2) is 8.70. The third kappa shape index (κ3) is 4.15. The quantitative estimate of drug-likeness (QED) is 0.523. The van der Waals surface area contributed by atoms with Crippen LogP contribution in [-0.4, -0.2) is 15.1 Å². The number of phenolic OH excluding ortho intramolecular Hbond substituents is 2. The Kier molecular flexibility index (Phi) is 6.28. The lowest BCUT2D eigenvalue weighted by Crippen LogP contribution is -2.18. The third-order valence-electron chi connectivity index (χ3n) is 5.02. The largest absolute Gasteiger partial charge is 0.507 e. The Hall–Kier alpha value is -2.79. The molecule has 3 rings (SSSR count). The smallest absolute Gasteiger partial charge is 0.137 e. The number of hydrogen-bond donors (Lipinski definition) is 2. The maximum atomic E-state index is 14.0. The molecule has 0 atom stereocenters. The van der Waals surface area contributed by atoms with Gasteiger partial charge in [0.15, 0.2) is 0 Å². The molecular weight excluding hydrogens is 433 g/mol. The normalized spacial score (nSPS) is 16.1. The van der Waals surface area contributed by atoms with Gasteiger partial charge in [0.25, 0.3) is 0 Å². The van der Waals surface area contributed by atoms with E-state index in [1.165, 1.54) is 18.2 Å². The molecule has 1 heterocycles. The second-order valence-corrected chi connectivity index (χ2v) is 7.72. The van der Waals surface area contributed by atoms with Gasteiger partial charge in [0, 0.05) is 23.0 Å². The number of halogens is 2. The summed E-state index contributed by atoms with van der Waals surface area (Å²) in [6.07, 6.45) is 8.35. The Labute approximate surface area is 178 Å². The topological polar surface area (TPSA) is 43.7 Å². The van der Waals surface area contributed by atoms with Crippen molar-refractivity contribution in [1.82, 2.24) is 4.90 Å². The molecule has 3 nitrogen and oxygen atoms in total. The van der Waals surface area contributed by atoms with Crippen molar-refractivity contribution in [1.29, 1.82) is 0 Å². The minimum Gasteiger partial charge on any atom is -0.507 e. The maximum absolute atomic E-state index is 14.0. The average molecular weight is 456 g/mol. The fourth-order valence-electron chi connectivity index (χ4n) is 3.33. The highest BCUT2D eigenvalue weighted by atomic mass is 79.9. The van der Waals surface area contributed by atoms with Crippen LogP contribution in [0.4, 0.5) is 4.39 Å². The van der Waals surface area contributed by atoms with Crippen molar-refractivity contribution in [2.45, 2.75) is 27.2 Å². The molecule has 1 aliphatic rings. The molecule has 0 bridgehead atoms. The van der Waals surface area contributed by atoms with Gasteiger partial charge in [0.05, 0.1) is 10.2 Å². The van der Waals surface area contributed by atoms with Crippen molar-refractivity contribution in [3.05, 3.63) is 93.5 Å². The summed E-state index contributed by atoms with van der Waals surface area (Å²) in [6, 6.07) is 9.45. The number of allylic oxidation sites excluding steroid dienone is 5. The predicted molar refractivity (Wildman–Crippen MR) is 119 cm³/mol. The van der Waals surface area contributed by atoms with Gasteiger partial charge < -0.3 is 15.1 Å². The molecule has 5 heteroatoms. The summed E-state index contributed by atoms with van der Waals surface area (Å²) in [5.41, 5.74) is 4.50. The fourth-order valence-corrected chi connectivity index (χ4v) is 3.70. The Morgan fingerprint density at radius 2 is 1.83 bits per heavy atom. The van der Waals surface area contributed by atoms with Crippen LogP contribution in [0.1, 0.15) is 38.3 Å². The van der Waals surface area contributed by atoms with E-state index in [-0.39, 0.29) is 11.5 Å². The molecule has 0 fully saturated rings. The molecule has 0 aliphatic carbocycles. The fraction of sp³-hybridized carbons (Fsp3) is 0.167. The molecule has 2 aromatic carbocycles. The van der Waals surface area contributed by atoms with E-state index in [9.17, 15) is 14.6 Å². The average Bonchev–Trinajstić information content (AvgIpc) is 2.72. The lowest BCUT2D eigenvalue weighted by atomic mass is 9.98. The molecule has 0 spiro atoms. The van der Waals surface area contributed by atoms with Crippen LogP contribution in [0.2, 0.25) is 0 Å². The SMILES string of the molecule is CCC(C)=C(c1cc(F)ccc1O)N1C=CC=C/C1=C(/C)c1cccc(Br)c1O. The lowest BCUT2D eigenvalue weighted by Gasteiger charge is -2.31. The van der Waals surface area contributed by atoms with Crippen LogP contribution in [0, 0.1) is 5.82 Å². The monoisotopic (exact) mass is 455 g/mol. The molecule has 150 valence electrons. The summed E-state index contributed by atoms with van der Waals surface area (Å²) < 4.78 is 14.6. The van der Waals surface area contributed by atoms with Gasteiger partial charge in [-0.1, -0.05) is 25.1 Å². The highest BCUT2D eigenvalue weighted by molar-refractivity contribution is 9.10. The summed E-state index contributed by atoms with van der Waals surface area (Å²) in [4.78, 5) is 1.93. The lowest BCUT2D eigenvalue weighted by molar-refractivity contribution is 0.467. The van der Waals surface area contributed by atoms with Crippen LogP contribution in [0.3, 0.4) is 0 Å². The number of phenols is 2. The summed E-state index contributed by atoms with van der Waals surface area (Å²) in [5.74, 6) is -0.242. The van der Waals surface area contributed by atoms with Gasteiger partial charge in [-0.3, -0.25) is 0 Å². The van der Waals surface area contributed by atoms with Crippen molar-refractivity contribution >= 4 is 27.2 Å². The van der Waals surface area contributed by atoms with Crippen LogP contribution in [-0.2, 0) is 0 Å². The molecule has 0 saturated carbocycles. The third-order valence-corrected chi connectivity index (χ3v) is 5.66. The molecule has 0 radical (unpaired) electrons. The zero-order valence-electron chi connectivity index (χ0n) is 16.6. The van der Waals surface area contributed by atoms with Gasteiger partial charge >= 0.3 is 0 Å². The van der Waals surface area contributed by atoms with Gasteiger partial charge in [-0.25, -0.2) is 4.39 Å². The molecule has 0 aromatic heterocycles. The zero-order valence-corrected chi connectivity index (χ0v) is 18.2. The van der Waals surface area contributed by atoms with Crippen molar-refractivity contribution in [2.75, 3.05) is 0 Å². The standard InChI is InChI=1S/C24H23BrFNO2/c1-4-15(2)23(19-14-17(26)11-12-22(19)28)27-13-6-5-10-21(27)16(3)18-8-7-9-20(25)24(18)29/h5-14,28-29H,4H2,1-3H3/b21-16+,23-15?. The Morgan fingerprint density at radius 3 is 2.55 bits per heavy atom. The van der Waals surface area contributed by atoms with Crippen molar-refractivity contribution in [2.24, 2.45) is 0 Å². The highest BCUT2D eigenvalue weighted by Gasteiger charge is 2.22. The van der Waals surface area contributed by atoms with Crippen molar-refractivity contribution in [3.8, 4) is 11.5 Å². The van der Waals surface area contributed by atoms with E-state index < -0.39 is 5.82 Å². The first kappa shape index (κ1) is 20.9. The molecule has 1 aliphatic heterocycles. The molecular formula is C24H23BrFNO2. The van der Waals surface area contributed by atoms with E-state index in [1.54, 1.807) is 6.07 Å². The molecule has 0 amide bonds. The molecule has 0 unspecified atom stereocenters. The molecule has 0 saturated heterocycles. The van der Waals surface area contributed by atoms with Crippen LogP contribution in [0.15, 0.2) is 76.6 Å². The van der Waals surface area contributed by atoms with Crippen LogP contribution in [0.25, 0.3) is 11.3 Å². The van der Waals surface area contributed by atoms with Gasteiger partial charge in [-0.15, -0.1) is 0 Å². The molecule has 2 N–H and O–H groups in total. The summed E-state index contributed by atoms with van der Waals surface area (Å²) in [7, 11) is 0. The second-order valence-electron chi connectivity index (χ2n) is 6.86. The van der Waals surface area contributed by atoms with E-state index in [2.05, 4.69) is 15.9 Å². The number of nitrogens with zero attached hydrogens (tertiary/aromatic N) is 1. The first-order valence-electron chi connectivity index (χ1n) is 9.36. The van der Waals surface area contributed by atoms with Crippen LogP contribution in [0.5, 0.6) is 11.5 Å². The zero-order chi connectivity index (χ0) is 21.1. The predicted octanol–water partition coefficient (Wildman–Crippen LogP) is 6.96. The number of benzene rings is 2. The van der Waals surface area contributed by atoms with Crippen molar-refractivity contribution < 1.29 is 14.6 Å². The van der Waals surface area contributed by atoms with Crippen LogP contribution >= 0.6 is 15.9 Å². The van der Waals surface area contributed by atoms with Gasteiger partial charge in [0.1, 0.15) is 17.3 Å². The van der Waals surface area contributed by atoms with Gasteiger partial charge in [0.2, 0.25) is 0 Å². The number of rotatable bonds is 4. The Morgan fingerprint density at radius 1 is 1.07 bits per heavy atom. The summed E-state index contributed by atoms with van der Waals surface area (Å²) >= 11 is 3.37. The van der Waals surface area contributed by atoms with E-state index in [4.69, 9.17) is 0 Å². The van der Waals surface area contributed by atoms with E-state index in [0.717, 1.165) is 23.3 Å². The number of para-hydroxylation sites is 1. The van der Waals surface area contributed by atoms with E-state index in [1.807, 2.05) is 62.2 Å². The molecule has 2 aromatic rings. The van der Waals surface area contributed by atoms with Gasteiger partial charge in [-0.05, 0) is 83.8 Å². The summed E-state index contributed by atoms with van der Waals surface area (Å²) in [6.45, 7) is 5.92. The molecule has 29 heavy (non-hydrogen) atoms. The Bertz CT molecular complexity index is 1070. The maximum Gasteiger partial charge on any atom is 0.137 e. The number of hydrogen-bond acceptors (Lipinski definition) is 3. The van der Waals surface area contributed by atoms with Crippen molar-refractivity contribution in [3.63, 3.8) is 0 Å². The number of aromatic hydroxyl groups is 2. The first-order chi connectivity index (χ1) is 13.8. The highest BCUT2D eigenvalue weighted by Crippen LogP contribution is 2.40. The first-order valence-corrected chi connectivity index (χ1v) is 10.2. The van der Waals surface area contributed by atoms with E-state index >= 15 is 0 Å². The minimum atomic E-state index is -0.414. The minimum absolute atomic E-state index is 0.0134. The summed E-state index contributed by atoms with van der Waals surface area (Å²) in [5, 5.41) is 21.0. The van der Waals surface area contributed by atoms with Crippen LogP contribution < -0.4 is 0 Å². The van der Waals surface area contributed by atoms with E-state index in [0.29, 0.717) is 21.3 Å².